The van der Waals surface area contributed by atoms with Crippen LogP contribution < -0.4 is 5.32 Å². The number of carbonyl (C=O) groups excluding carboxylic acids is 1. The number of amides is 1. The van der Waals surface area contributed by atoms with Crippen LogP contribution >= 0.6 is 0 Å². The number of piperazine rings is 1. The van der Waals surface area contributed by atoms with Crippen LogP contribution in [-0.2, 0) is 4.74 Å². The Labute approximate surface area is 172 Å². The number of anilines is 1. The molecule has 0 aliphatic carbocycles. The van der Waals surface area contributed by atoms with Crippen LogP contribution in [0, 0.1) is 6.92 Å². The number of nitrogens with one attached hydrogen (secondary N) is 1. The zero-order valence-corrected chi connectivity index (χ0v) is 17.2. The van der Waals surface area contributed by atoms with Gasteiger partial charge >= 0.3 is 0 Å². The van der Waals surface area contributed by atoms with E-state index in [-0.39, 0.29) is 5.91 Å². The average molecular weight is 396 g/mol. The Balaban J connectivity index is 1.51. The molecule has 0 saturated carbocycles. The minimum absolute atomic E-state index is 0.0373. The molecule has 1 amide bonds. The van der Waals surface area contributed by atoms with Gasteiger partial charge in [0.25, 0.3) is 5.91 Å². The molecule has 1 N–H and O–H groups in total. The molecule has 154 valence electrons. The van der Waals surface area contributed by atoms with Gasteiger partial charge in [0.2, 0.25) is 0 Å². The van der Waals surface area contributed by atoms with Crippen LogP contribution in [0.1, 0.15) is 21.9 Å². The summed E-state index contributed by atoms with van der Waals surface area (Å²) >= 11 is 0. The predicted molar refractivity (Wildman–Crippen MR) is 115 cm³/mol. The van der Waals surface area contributed by atoms with E-state index < -0.39 is 0 Å². The first-order valence-corrected chi connectivity index (χ1v) is 9.97. The van der Waals surface area contributed by atoms with Crippen LogP contribution in [0.15, 0.2) is 42.5 Å². The molecule has 1 fully saturated rings. The lowest BCUT2D eigenvalue weighted by Gasteiger charge is -2.34. The molecular formula is C22H29N5O2. The zero-order valence-electron chi connectivity index (χ0n) is 17.2. The molecule has 0 unspecified atom stereocenters. The summed E-state index contributed by atoms with van der Waals surface area (Å²) in [5.74, 6) is 1.20. The van der Waals surface area contributed by atoms with Gasteiger partial charge in [0.05, 0.1) is 6.61 Å². The van der Waals surface area contributed by atoms with Gasteiger partial charge in [-0.1, -0.05) is 42.5 Å². The van der Waals surface area contributed by atoms with Crippen LogP contribution in [0.5, 0.6) is 0 Å². The SMILES string of the molecule is COCCNc1cc(C(=O)N2CCN(C/C=C/c3ccccc3)CC2)nc(C)n1. The second-order valence-corrected chi connectivity index (χ2v) is 7.01. The Bertz CT molecular complexity index is 817. The first-order chi connectivity index (χ1) is 14.2. The predicted octanol–water partition coefficient (Wildman–Crippen LogP) is 2.31. The number of benzene rings is 1. The van der Waals surface area contributed by atoms with Crippen LogP contribution in [0.3, 0.4) is 0 Å². The summed E-state index contributed by atoms with van der Waals surface area (Å²) in [7, 11) is 1.65. The number of aromatic nitrogens is 2. The molecule has 0 spiro atoms. The van der Waals surface area contributed by atoms with E-state index in [0.717, 1.165) is 19.6 Å². The Morgan fingerprint density at radius 2 is 1.93 bits per heavy atom. The summed E-state index contributed by atoms with van der Waals surface area (Å²) in [4.78, 5) is 25.8. The van der Waals surface area contributed by atoms with Crippen molar-refractivity contribution in [2.45, 2.75) is 6.92 Å². The van der Waals surface area contributed by atoms with Crippen molar-refractivity contribution in [2.75, 3.05) is 58.3 Å². The van der Waals surface area contributed by atoms with Gasteiger partial charge < -0.3 is 15.0 Å². The Morgan fingerprint density at radius 3 is 2.66 bits per heavy atom. The maximum atomic E-state index is 12.9. The van der Waals surface area contributed by atoms with Crippen molar-refractivity contribution in [3.05, 3.63) is 59.6 Å². The summed E-state index contributed by atoms with van der Waals surface area (Å²) < 4.78 is 5.04. The molecule has 1 aliphatic heterocycles. The van der Waals surface area contributed by atoms with E-state index in [1.54, 1.807) is 20.1 Å². The van der Waals surface area contributed by atoms with E-state index in [2.05, 4.69) is 44.5 Å². The van der Waals surface area contributed by atoms with Crippen molar-refractivity contribution in [3.63, 3.8) is 0 Å². The number of hydrogen-bond donors (Lipinski definition) is 1. The Morgan fingerprint density at radius 1 is 1.17 bits per heavy atom. The minimum atomic E-state index is -0.0373. The van der Waals surface area contributed by atoms with Crippen molar-refractivity contribution in [1.29, 1.82) is 0 Å². The molecule has 1 saturated heterocycles. The van der Waals surface area contributed by atoms with Crippen molar-refractivity contribution >= 4 is 17.8 Å². The summed E-state index contributed by atoms with van der Waals surface area (Å²) in [5, 5.41) is 3.17. The lowest BCUT2D eigenvalue weighted by atomic mass is 10.2. The molecule has 0 radical (unpaired) electrons. The standard InChI is InChI=1S/C22H29N5O2/c1-18-24-20(17-21(25-18)23-10-16-29-2)22(28)27-14-12-26(13-15-27)11-6-9-19-7-4-3-5-8-19/h3-9,17H,10-16H2,1-2H3,(H,23,24,25)/b9-6+. The van der Waals surface area contributed by atoms with E-state index in [0.29, 0.717) is 43.6 Å². The van der Waals surface area contributed by atoms with Crippen LogP contribution in [0.4, 0.5) is 5.82 Å². The summed E-state index contributed by atoms with van der Waals surface area (Å²) in [6, 6.07) is 12.0. The molecule has 29 heavy (non-hydrogen) atoms. The number of aryl methyl sites for hydroxylation is 1. The van der Waals surface area contributed by atoms with Crippen LogP contribution in [-0.4, -0.2) is 78.7 Å². The molecule has 1 aromatic carbocycles. The van der Waals surface area contributed by atoms with Crippen LogP contribution in [0.25, 0.3) is 6.08 Å². The van der Waals surface area contributed by atoms with E-state index in [1.165, 1.54) is 5.56 Å². The highest BCUT2D eigenvalue weighted by atomic mass is 16.5. The number of hydrogen-bond acceptors (Lipinski definition) is 6. The topological polar surface area (TPSA) is 70.6 Å². The molecule has 2 heterocycles. The first-order valence-electron chi connectivity index (χ1n) is 9.97. The van der Waals surface area contributed by atoms with E-state index in [4.69, 9.17) is 4.74 Å². The molecule has 1 aliphatic rings. The largest absolute Gasteiger partial charge is 0.383 e. The maximum Gasteiger partial charge on any atom is 0.272 e. The highest BCUT2D eigenvalue weighted by Crippen LogP contribution is 2.12. The highest BCUT2D eigenvalue weighted by molar-refractivity contribution is 5.93. The van der Waals surface area contributed by atoms with Gasteiger partial charge in [-0.15, -0.1) is 0 Å². The fourth-order valence-corrected chi connectivity index (χ4v) is 3.25. The Hall–Kier alpha value is -2.77. The number of carbonyl (C=O) groups is 1. The maximum absolute atomic E-state index is 12.9. The number of ether oxygens (including phenoxy) is 1. The van der Waals surface area contributed by atoms with Gasteiger partial charge in [-0.05, 0) is 12.5 Å². The zero-order chi connectivity index (χ0) is 20.5. The molecular weight excluding hydrogens is 366 g/mol. The normalized spacial score (nSPS) is 15.0. The van der Waals surface area contributed by atoms with Crippen molar-refractivity contribution in [3.8, 4) is 0 Å². The molecule has 0 bridgehead atoms. The number of nitrogens with zero attached hydrogens (tertiary/aromatic N) is 4. The molecule has 3 rings (SSSR count). The summed E-state index contributed by atoms with van der Waals surface area (Å²) in [5.41, 5.74) is 1.64. The van der Waals surface area contributed by atoms with Gasteiger partial charge in [-0.2, -0.15) is 0 Å². The molecule has 0 atom stereocenters. The second-order valence-electron chi connectivity index (χ2n) is 7.01. The second kappa shape index (κ2) is 10.7. The summed E-state index contributed by atoms with van der Waals surface area (Å²) in [6.07, 6.45) is 4.32. The quantitative estimate of drug-likeness (QED) is 0.692. The lowest BCUT2D eigenvalue weighted by molar-refractivity contribution is 0.0644. The van der Waals surface area contributed by atoms with Gasteiger partial charge in [0, 0.05) is 52.4 Å². The van der Waals surface area contributed by atoms with Gasteiger partial charge in [0.15, 0.2) is 0 Å². The smallest absolute Gasteiger partial charge is 0.272 e. The van der Waals surface area contributed by atoms with E-state index in [1.807, 2.05) is 23.1 Å². The highest BCUT2D eigenvalue weighted by Gasteiger charge is 2.23. The lowest BCUT2D eigenvalue weighted by Crippen LogP contribution is -2.48. The molecule has 1 aromatic heterocycles. The third-order valence-corrected chi connectivity index (χ3v) is 4.80. The molecule has 2 aromatic rings. The first kappa shape index (κ1) is 21.0. The average Bonchev–Trinajstić information content (AvgIpc) is 2.74. The van der Waals surface area contributed by atoms with Crippen molar-refractivity contribution in [1.82, 2.24) is 19.8 Å². The van der Waals surface area contributed by atoms with Gasteiger partial charge in [0.1, 0.15) is 17.3 Å². The number of rotatable bonds is 8. The third-order valence-electron chi connectivity index (χ3n) is 4.80. The van der Waals surface area contributed by atoms with Crippen molar-refractivity contribution in [2.24, 2.45) is 0 Å². The summed E-state index contributed by atoms with van der Waals surface area (Å²) in [6.45, 7) is 7.01. The molecule has 7 nitrogen and oxygen atoms in total. The minimum Gasteiger partial charge on any atom is -0.383 e. The van der Waals surface area contributed by atoms with E-state index >= 15 is 0 Å². The molecule has 7 heteroatoms. The van der Waals surface area contributed by atoms with Crippen LogP contribution in [0.2, 0.25) is 0 Å². The van der Waals surface area contributed by atoms with Gasteiger partial charge in [-0.3, -0.25) is 9.69 Å². The fraction of sp³-hybridized carbons (Fsp3) is 0.409. The fourth-order valence-electron chi connectivity index (χ4n) is 3.25. The van der Waals surface area contributed by atoms with Crippen molar-refractivity contribution < 1.29 is 9.53 Å². The van der Waals surface area contributed by atoms with E-state index in [9.17, 15) is 4.79 Å². The van der Waals surface area contributed by atoms with Gasteiger partial charge in [-0.25, -0.2) is 9.97 Å². The third kappa shape index (κ3) is 6.37. The monoisotopic (exact) mass is 395 g/mol. The Kier molecular flexibility index (Phi) is 7.72. The number of methoxy groups -OCH3 is 1.